The number of anilines is 1. The number of fused-ring (bicyclic) bond motifs is 1. The molecule has 2 aromatic heterocycles. The Hall–Kier alpha value is -2.76. The zero-order valence-corrected chi connectivity index (χ0v) is 10.9. The van der Waals surface area contributed by atoms with Gasteiger partial charge in [-0.25, -0.2) is 15.0 Å². The second-order valence-electron chi connectivity index (χ2n) is 4.43. The van der Waals surface area contributed by atoms with E-state index in [4.69, 9.17) is 0 Å². The monoisotopic (exact) mass is 267 g/mol. The molecule has 0 aliphatic rings. The molecule has 100 valence electrons. The van der Waals surface area contributed by atoms with Gasteiger partial charge in [0.25, 0.3) is 5.56 Å². The van der Waals surface area contributed by atoms with Crippen LogP contribution in [0.15, 0.2) is 47.7 Å². The van der Waals surface area contributed by atoms with Gasteiger partial charge in [0.2, 0.25) is 0 Å². The van der Waals surface area contributed by atoms with E-state index in [0.717, 1.165) is 5.56 Å². The molecule has 1 aromatic carbocycles. The Labute approximate surface area is 115 Å². The van der Waals surface area contributed by atoms with E-state index in [0.29, 0.717) is 18.0 Å². The van der Waals surface area contributed by atoms with Crippen molar-refractivity contribution in [1.29, 1.82) is 0 Å². The first kappa shape index (κ1) is 12.3. The third kappa shape index (κ3) is 2.35. The maximum absolute atomic E-state index is 11.9. The fraction of sp³-hybridized carbons (Fsp3) is 0.143. The largest absolute Gasteiger partial charge is 0.365 e. The number of nitrogens with one attached hydrogen (secondary N) is 1. The molecule has 0 saturated heterocycles. The van der Waals surface area contributed by atoms with Crippen LogP contribution in [0.5, 0.6) is 0 Å². The van der Waals surface area contributed by atoms with Crippen molar-refractivity contribution in [3.63, 3.8) is 0 Å². The van der Waals surface area contributed by atoms with Crippen molar-refractivity contribution in [1.82, 2.24) is 19.5 Å². The number of nitrogens with zero attached hydrogens (tertiary/aromatic N) is 4. The molecule has 0 spiro atoms. The van der Waals surface area contributed by atoms with Crippen LogP contribution in [0, 0.1) is 0 Å². The lowest BCUT2D eigenvalue weighted by Gasteiger charge is -2.06. The Morgan fingerprint density at radius 1 is 1.20 bits per heavy atom. The van der Waals surface area contributed by atoms with Crippen LogP contribution < -0.4 is 10.9 Å². The number of hydrogen-bond acceptors (Lipinski definition) is 5. The van der Waals surface area contributed by atoms with Crippen molar-refractivity contribution in [3.8, 4) is 0 Å². The predicted molar refractivity (Wildman–Crippen MR) is 76.3 cm³/mol. The SMILES string of the molecule is Cn1cnc2ncc(NCc3ccccc3)nc2c1=O. The Balaban J connectivity index is 1.89. The lowest BCUT2D eigenvalue weighted by Crippen LogP contribution is -2.19. The molecule has 2 heterocycles. The predicted octanol–water partition coefficient (Wildman–Crippen LogP) is 1.34. The molecule has 20 heavy (non-hydrogen) atoms. The van der Waals surface area contributed by atoms with Crippen molar-refractivity contribution >= 4 is 17.0 Å². The molecular formula is C14H13N5O. The summed E-state index contributed by atoms with van der Waals surface area (Å²) < 4.78 is 1.39. The van der Waals surface area contributed by atoms with Gasteiger partial charge in [0.1, 0.15) is 5.82 Å². The maximum atomic E-state index is 11.9. The summed E-state index contributed by atoms with van der Waals surface area (Å²) in [5, 5.41) is 3.15. The van der Waals surface area contributed by atoms with Gasteiger partial charge in [-0.05, 0) is 5.56 Å². The molecule has 0 radical (unpaired) electrons. The second-order valence-corrected chi connectivity index (χ2v) is 4.43. The first-order chi connectivity index (χ1) is 9.74. The Kier molecular flexibility index (Phi) is 3.12. The fourth-order valence-corrected chi connectivity index (χ4v) is 1.86. The summed E-state index contributed by atoms with van der Waals surface area (Å²) in [4.78, 5) is 24.4. The van der Waals surface area contributed by atoms with E-state index in [9.17, 15) is 4.79 Å². The number of aromatic nitrogens is 4. The minimum atomic E-state index is -0.203. The molecule has 0 aliphatic carbocycles. The number of aryl methyl sites for hydroxylation is 1. The van der Waals surface area contributed by atoms with Gasteiger partial charge in [0.05, 0.1) is 12.5 Å². The van der Waals surface area contributed by atoms with E-state index in [1.165, 1.54) is 10.9 Å². The first-order valence-electron chi connectivity index (χ1n) is 6.20. The highest BCUT2D eigenvalue weighted by molar-refractivity contribution is 5.69. The summed E-state index contributed by atoms with van der Waals surface area (Å²) in [5.74, 6) is 0.562. The second kappa shape index (κ2) is 5.08. The summed E-state index contributed by atoms with van der Waals surface area (Å²) in [5.41, 5.74) is 1.56. The summed E-state index contributed by atoms with van der Waals surface area (Å²) in [6.45, 7) is 0.627. The van der Waals surface area contributed by atoms with Gasteiger partial charge < -0.3 is 9.88 Å². The fourth-order valence-electron chi connectivity index (χ4n) is 1.86. The molecule has 6 heteroatoms. The zero-order chi connectivity index (χ0) is 13.9. The highest BCUT2D eigenvalue weighted by atomic mass is 16.1. The molecule has 6 nitrogen and oxygen atoms in total. The van der Waals surface area contributed by atoms with Gasteiger partial charge >= 0.3 is 0 Å². The van der Waals surface area contributed by atoms with E-state index >= 15 is 0 Å². The quantitative estimate of drug-likeness (QED) is 0.775. The Bertz CT molecular complexity index is 798. The van der Waals surface area contributed by atoms with Crippen LogP contribution in [-0.2, 0) is 13.6 Å². The van der Waals surface area contributed by atoms with Crippen LogP contribution in [0.3, 0.4) is 0 Å². The van der Waals surface area contributed by atoms with Crippen molar-refractivity contribution in [2.24, 2.45) is 7.05 Å². The van der Waals surface area contributed by atoms with Crippen LogP contribution in [0.25, 0.3) is 11.2 Å². The van der Waals surface area contributed by atoms with Gasteiger partial charge in [-0.1, -0.05) is 30.3 Å². The van der Waals surface area contributed by atoms with Crippen molar-refractivity contribution in [2.45, 2.75) is 6.54 Å². The smallest absolute Gasteiger partial charge is 0.281 e. The van der Waals surface area contributed by atoms with Crippen molar-refractivity contribution in [2.75, 3.05) is 5.32 Å². The molecule has 0 atom stereocenters. The summed E-state index contributed by atoms with van der Waals surface area (Å²) >= 11 is 0. The number of rotatable bonds is 3. The van der Waals surface area contributed by atoms with Crippen LogP contribution in [-0.4, -0.2) is 19.5 Å². The molecule has 1 N–H and O–H groups in total. The molecule has 0 bridgehead atoms. The third-order valence-electron chi connectivity index (χ3n) is 2.95. The summed E-state index contributed by atoms with van der Waals surface area (Å²) in [7, 11) is 1.64. The minimum Gasteiger partial charge on any atom is -0.365 e. The molecule has 0 amide bonds. The van der Waals surface area contributed by atoms with Gasteiger partial charge in [0, 0.05) is 13.6 Å². The normalized spacial score (nSPS) is 10.7. The molecule has 3 aromatic rings. The molecule has 0 fully saturated rings. The molecule has 0 saturated carbocycles. The standard InChI is InChI=1S/C14H13N5O/c1-19-9-17-13-12(14(19)20)18-11(8-16-13)15-7-10-5-3-2-4-6-10/h2-6,8-9H,7H2,1H3,(H,15,18). The van der Waals surface area contributed by atoms with E-state index in [1.807, 2.05) is 30.3 Å². The van der Waals surface area contributed by atoms with Crippen LogP contribution in [0.2, 0.25) is 0 Å². The lowest BCUT2D eigenvalue weighted by molar-refractivity contribution is 0.834. The highest BCUT2D eigenvalue weighted by Crippen LogP contribution is 2.08. The molecule has 0 unspecified atom stereocenters. The van der Waals surface area contributed by atoms with Crippen LogP contribution >= 0.6 is 0 Å². The lowest BCUT2D eigenvalue weighted by atomic mass is 10.2. The van der Waals surface area contributed by atoms with Gasteiger partial charge in [-0.15, -0.1) is 0 Å². The number of benzene rings is 1. The molecule has 3 rings (SSSR count). The molecule has 0 aliphatic heterocycles. The maximum Gasteiger partial charge on any atom is 0.281 e. The zero-order valence-electron chi connectivity index (χ0n) is 10.9. The van der Waals surface area contributed by atoms with Crippen molar-refractivity contribution < 1.29 is 0 Å². The Morgan fingerprint density at radius 3 is 2.80 bits per heavy atom. The van der Waals surface area contributed by atoms with Crippen LogP contribution in [0.1, 0.15) is 5.56 Å². The topological polar surface area (TPSA) is 72.7 Å². The highest BCUT2D eigenvalue weighted by Gasteiger charge is 2.06. The van der Waals surface area contributed by atoms with E-state index < -0.39 is 0 Å². The van der Waals surface area contributed by atoms with Gasteiger partial charge in [-0.2, -0.15) is 0 Å². The average molecular weight is 267 g/mol. The average Bonchev–Trinajstić information content (AvgIpc) is 2.50. The van der Waals surface area contributed by atoms with E-state index in [1.54, 1.807) is 13.2 Å². The summed E-state index contributed by atoms with van der Waals surface area (Å²) in [6.07, 6.45) is 3.02. The van der Waals surface area contributed by atoms with Gasteiger partial charge in [0.15, 0.2) is 11.2 Å². The van der Waals surface area contributed by atoms with Crippen LogP contribution in [0.4, 0.5) is 5.82 Å². The Morgan fingerprint density at radius 2 is 2.00 bits per heavy atom. The van der Waals surface area contributed by atoms with E-state index in [-0.39, 0.29) is 11.1 Å². The third-order valence-corrected chi connectivity index (χ3v) is 2.95. The first-order valence-corrected chi connectivity index (χ1v) is 6.20. The summed E-state index contributed by atoms with van der Waals surface area (Å²) in [6, 6.07) is 9.95. The minimum absolute atomic E-state index is 0.203. The van der Waals surface area contributed by atoms with Crippen molar-refractivity contribution in [3.05, 3.63) is 58.8 Å². The molecular weight excluding hydrogens is 254 g/mol. The van der Waals surface area contributed by atoms with Gasteiger partial charge in [-0.3, -0.25) is 4.79 Å². The number of hydrogen-bond donors (Lipinski definition) is 1. The van der Waals surface area contributed by atoms with E-state index in [2.05, 4.69) is 20.3 Å².